The molecule has 0 aromatic rings. The highest BCUT2D eigenvalue weighted by molar-refractivity contribution is 7.89. The predicted molar refractivity (Wildman–Crippen MR) is 77.5 cm³/mol. The SMILES string of the molecule is CC(=O)CC1CCCCCN1S(=O)(=O)CCC(C)C. The van der Waals surface area contributed by atoms with Gasteiger partial charge in [-0.25, -0.2) is 8.42 Å². The zero-order chi connectivity index (χ0) is 14.5. The zero-order valence-corrected chi connectivity index (χ0v) is 13.2. The summed E-state index contributed by atoms with van der Waals surface area (Å²) < 4.78 is 26.5. The number of sulfonamides is 1. The Morgan fingerprint density at radius 2 is 1.95 bits per heavy atom. The van der Waals surface area contributed by atoms with Crippen molar-refractivity contribution in [1.82, 2.24) is 4.31 Å². The molecule has 19 heavy (non-hydrogen) atoms. The molecule has 5 heteroatoms. The quantitative estimate of drug-likeness (QED) is 0.755. The molecule has 4 nitrogen and oxygen atoms in total. The standard InChI is InChI=1S/C14H27NO3S/c1-12(2)8-10-19(17,18)15-9-6-4-5-7-14(15)11-13(3)16/h12,14H,4-11H2,1-3H3. The molecule has 0 N–H and O–H groups in total. The Kier molecular flexibility index (Phi) is 6.47. The highest BCUT2D eigenvalue weighted by Gasteiger charge is 2.31. The van der Waals surface area contributed by atoms with Crippen molar-refractivity contribution in [3.8, 4) is 0 Å². The Bertz CT molecular complexity index is 389. The molecular weight excluding hydrogens is 262 g/mol. The van der Waals surface area contributed by atoms with E-state index in [9.17, 15) is 13.2 Å². The first-order valence-corrected chi connectivity index (χ1v) is 8.93. The van der Waals surface area contributed by atoms with Gasteiger partial charge in [0.1, 0.15) is 5.78 Å². The second-order valence-electron chi connectivity index (χ2n) is 6.02. The van der Waals surface area contributed by atoms with Gasteiger partial charge in [-0.05, 0) is 32.1 Å². The van der Waals surface area contributed by atoms with Crippen molar-refractivity contribution in [1.29, 1.82) is 0 Å². The van der Waals surface area contributed by atoms with Crippen LogP contribution in [0, 0.1) is 5.92 Å². The molecule has 1 aliphatic heterocycles. The van der Waals surface area contributed by atoms with Crippen molar-refractivity contribution in [2.24, 2.45) is 5.92 Å². The number of hydrogen-bond donors (Lipinski definition) is 0. The van der Waals surface area contributed by atoms with Crippen molar-refractivity contribution in [2.75, 3.05) is 12.3 Å². The second kappa shape index (κ2) is 7.39. The van der Waals surface area contributed by atoms with Crippen molar-refractivity contribution in [3.63, 3.8) is 0 Å². The van der Waals surface area contributed by atoms with Gasteiger partial charge < -0.3 is 0 Å². The van der Waals surface area contributed by atoms with Gasteiger partial charge in [0.2, 0.25) is 10.0 Å². The molecule has 1 aliphatic rings. The average Bonchev–Trinajstić information content (AvgIpc) is 2.51. The fraction of sp³-hybridized carbons (Fsp3) is 0.929. The summed E-state index contributed by atoms with van der Waals surface area (Å²) in [5.41, 5.74) is 0. The van der Waals surface area contributed by atoms with Crippen LogP contribution in [0.2, 0.25) is 0 Å². The Labute approximate surface area is 117 Å². The van der Waals surface area contributed by atoms with E-state index in [0.717, 1.165) is 25.7 Å². The molecular formula is C14H27NO3S. The molecule has 0 aromatic carbocycles. The van der Waals surface area contributed by atoms with E-state index < -0.39 is 10.0 Å². The summed E-state index contributed by atoms with van der Waals surface area (Å²) in [7, 11) is -3.22. The maximum atomic E-state index is 12.4. The monoisotopic (exact) mass is 289 g/mol. The molecule has 0 saturated carbocycles. The molecule has 1 unspecified atom stereocenters. The van der Waals surface area contributed by atoms with Crippen LogP contribution in [-0.2, 0) is 14.8 Å². The van der Waals surface area contributed by atoms with E-state index in [0.29, 0.717) is 25.3 Å². The molecule has 1 rings (SSSR count). The van der Waals surface area contributed by atoms with Crippen LogP contribution >= 0.6 is 0 Å². The van der Waals surface area contributed by atoms with Crippen molar-refractivity contribution >= 4 is 15.8 Å². The largest absolute Gasteiger partial charge is 0.300 e. The fourth-order valence-corrected chi connectivity index (χ4v) is 4.60. The van der Waals surface area contributed by atoms with Gasteiger partial charge in [0.25, 0.3) is 0 Å². The Morgan fingerprint density at radius 1 is 1.26 bits per heavy atom. The highest BCUT2D eigenvalue weighted by Crippen LogP contribution is 2.23. The molecule has 112 valence electrons. The third-order valence-corrected chi connectivity index (χ3v) is 5.60. The van der Waals surface area contributed by atoms with E-state index >= 15 is 0 Å². The molecule has 1 fully saturated rings. The lowest BCUT2D eigenvalue weighted by Gasteiger charge is -2.28. The first kappa shape index (κ1) is 16.6. The maximum Gasteiger partial charge on any atom is 0.214 e. The number of ketones is 1. The van der Waals surface area contributed by atoms with Crippen molar-refractivity contribution in [2.45, 2.75) is 65.3 Å². The lowest BCUT2D eigenvalue weighted by molar-refractivity contribution is -0.117. The van der Waals surface area contributed by atoms with Gasteiger partial charge in [0.15, 0.2) is 0 Å². The minimum atomic E-state index is -3.22. The number of Topliss-reactive ketones (excluding diaryl/α,β-unsaturated/α-hetero) is 1. The van der Waals surface area contributed by atoms with Crippen LogP contribution in [0.4, 0.5) is 0 Å². The molecule has 1 atom stereocenters. The van der Waals surface area contributed by atoms with E-state index in [2.05, 4.69) is 0 Å². The molecule has 0 spiro atoms. The van der Waals surface area contributed by atoms with Crippen molar-refractivity contribution in [3.05, 3.63) is 0 Å². The zero-order valence-electron chi connectivity index (χ0n) is 12.4. The summed E-state index contributed by atoms with van der Waals surface area (Å²) in [4.78, 5) is 11.3. The molecule has 0 aromatic heterocycles. The summed E-state index contributed by atoms with van der Waals surface area (Å²) in [6.45, 7) is 6.19. The number of hydrogen-bond acceptors (Lipinski definition) is 3. The highest BCUT2D eigenvalue weighted by atomic mass is 32.2. The molecule has 0 amide bonds. The van der Waals surface area contributed by atoms with Crippen LogP contribution in [0.25, 0.3) is 0 Å². The van der Waals surface area contributed by atoms with Gasteiger partial charge >= 0.3 is 0 Å². The number of carbonyl (C=O) groups is 1. The van der Waals surface area contributed by atoms with E-state index in [1.807, 2.05) is 13.8 Å². The predicted octanol–water partition coefficient (Wildman–Crippen LogP) is 2.59. The van der Waals surface area contributed by atoms with Crippen LogP contribution < -0.4 is 0 Å². The minimum Gasteiger partial charge on any atom is -0.300 e. The molecule has 1 heterocycles. The van der Waals surface area contributed by atoms with Crippen LogP contribution in [0.15, 0.2) is 0 Å². The third kappa shape index (κ3) is 5.61. The van der Waals surface area contributed by atoms with Crippen LogP contribution in [0.3, 0.4) is 0 Å². The van der Waals surface area contributed by atoms with E-state index in [-0.39, 0.29) is 17.6 Å². The first-order chi connectivity index (χ1) is 8.83. The molecule has 0 radical (unpaired) electrons. The first-order valence-electron chi connectivity index (χ1n) is 7.32. The summed E-state index contributed by atoms with van der Waals surface area (Å²) >= 11 is 0. The minimum absolute atomic E-state index is 0.0796. The Morgan fingerprint density at radius 3 is 2.53 bits per heavy atom. The maximum absolute atomic E-state index is 12.4. The van der Waals surface area contributed by atoms with E-state index in [1.54, 1.807) is 11.2 Å². The van der Waals surface area contributed by atoms with Gasteiger partial charge in [-0.3, -0.25) is 4.79 Å². The van der Waals surface area contributed by atoms with Gasteiger partial charge in [0.05, 0.1) is 5.75 Å². The lowest BCUT2D eigenvalue weighted by Crippen LogP contribution is -2.42. The normalized spacial score (nSPS) is 22.4. The Balaban J connectivity index is 2.80. The van der Waals surface area contributed by atoms with Crippen LogP contribution in [0.1, 0.15) is 59.3 Å². The van der Waals surface area contributed by atoms with Crippen LogP contribution in [-0.4, -0.2) is 36.8 Å². The van der Waals surface area contributed by atoms with Gasteiger partial charge in [0, 0.05) is 19.0 Å². The van der Waals surface area contributed by atoms with Gasteiger partial charge in [-0.1, -0.05) is 26.7 Å². The summed E-state index contributed by atoms with van der Waals surface area (Å²) in [5, 5.41) is 0. The average molecular weight is 289 g/mol. The number of nitrogens with zero attached hydrogens (tertiary/aromatic N) is 1. The third-order valence-electron chi connectivity index (χ3n) is 3.66. The number of carbonyl (C=O) groups excluding carboxylic acids is 1. The van der Waals surface area contributed by atoms with Crippen LogP contribution in [0.5, 0.6) is 0 Å². The molecule has 0 bridgehead atoms. The van der Waals surface area contributed by atoms with E-state index in [4.69, 9.17) is 0 Å². The smallest absolute Gasteiger partial charge is 0.214 e. The summed E-state index contributed by atoms with van der Waals surface area (Å²) in [6.07, 6.45) is 4.86. The van der Waals surface area contributed by atoms with Crippen molar-refractivity contribution < 1.29 is 13.2 Å². The summed E-state index contributed by atoms with van der Waals surface area (Å²) in [5.74, 6) is 0.669. The molecule has 1 saturated heterocycles. The Hall–Kier alpha value is -0.420. The van der Waals surface area contributed by atoms with Gasteiger partial charge in [-0.2, -0.15) is 4.31 Å². The molecule has 0 aliphatic carbocycles. The number of rotatable bonds is 6. The lowest BCUT2D eigenvalue weighted by atomic mass is 10.1. The second-order valence-corrected chi connectivity index (χ2v) is 8.06. The van der Waals surface area contributed by atoms with E-state index in [1.165, 1.54) is 0 Å². The fourth-order valence-electron chi connectivity index (χ4n) is 2.55. The van der Waals surface area contributed by atoms with Gasteiger partial charge in [-0.15, -0.1) is 0 Å². The summed E-state index contributed by atoms with van der Waals surface area (Å²) in [6, 6.07) is -0.114. The topological polar surface area (TPSA) is 54.5 Å².